The zero-order valence-electron chi connectivity index (χ0n) is 23.8. The minimum absolute atomic E-state index is 0.220. The number of para-hydroxylation sites is 2. The maximum absolute atomic E-state index is 9.18. The van der Waals surface area contributed by atoms with Crippen molar-refractivity contribution in [1.82, 2.24) is 14.5 Å². The molecule has 0 saturated carbocycles. The number of fused-ring (bicyclic) bond motifs is 2. The van der Waals surface area contributed by atoms with E-state index in [1.165, 1.54) is 0 Å². The number of aryl methyl sites for hydroxylation is 1. The van der Waals surface area contributed by atoms with Crippen LogP contribution in [-0.2, 0) is 13.7 Å². The second-order valence-corrected chi connectivity index (χ2v) is 10.2. The molecule has 1 atom stereocenters. The molecule has 4 aromatic carbocycles. The van der Waals surface area contributed by atoms with Crippen molar-refractivity contribution in [3.05, 3.63) is 120 Å². The van der Waals surface area contributed by atoms with Gasteiger partial charge in [0.15, 0.2) is 18.1 Å². The van der Waals surface area contributed by atoms with Gasteiger partial charge in [0, 0.05) is 30.1 Å². The highest BCUT2D eigenvalue weighted by molar-refractivity contribution is 5.93. The third-order valence-electron chi connectivity index (χ3n) is 7.20. The van der Waals surface area contributed by atoms with E-state index < -0.39 is 6.29 Å². The van der Waals surface area contributed by atoms with Crippen molar-refractivity contribution in [3.8, 4) is 40.3 Å². The summed E-state index contributed by atoms with van der Waals surface area (Å²) in [5, 5.41) is 12.5. The number of rotatable bonds is 9. The summed E-state index contributed by atoms with van der Waals surface area (Å²) in [4.78, 5) is 9.76. The molecule has 0 bridgehead atoms. The molecule has 0 fully saturated rings. The summed E-state index contributed by atoms with van der Waals surface area (Å²) in [5.41, 5.74) is 5.38. The average Bonchev–Trinajstić information content (AvgIpc) is 3.65. The highest BCUT2D eigenvalue weighted by Crippen LogP contribution is 2.42. The maximum atomic E-state index is 9.18. The van der Waals surface area contributed by atoms with E-state index in [4.69, 9.17) is 28.9 Å². The normalized spacial score (nSPS) is 13.4. The van der Waals surface area contributed by atoms with Crippen LogP contribution in [-0.4, -0.2) is 27.4 Å². The molecule has 9 nitrogen and oxygen atoms in total. The molecule has 44 heavy (non-hydrogen) atoms. The van der Waals surface area contributed by atoms with Crippen molar-refractivity contribution in [2.75, 3.05) is 11.9 Å². The summed E-state index contributed by atoms with van der Waals surface area (Å²) in [6, 6.07) is 34.4. The summed E-state index contributed by atoms with van der Waals surface area (Å²) in [6.45, 7) is 0.494. The fourth-order valence-electron chi connectivity index (χ4n) is 5.05. The van der Waals surface area contributed by atoms with Gasteiger partial charge in [0.1, 0.15) is 23.8 Å². The van der Waals surface area contributed by atoms with E-state index in [2.05, 4.69) is 11.4 Å². The molecule has 0 aliphatic carbocycles. The van der Waals surface area contributed by atoms with Crippen LogP contribution in [0.25, 0.3) is 22.3 Å². The summed E-state index contributed by atoms with van der Waals surface area (Å²) in [7, 11) is 1.97. The van der Waals surface area contributed by atoms with E-state index in [0.717, 1.165) is 39.3 Å². The Hall–Kier alpha value is -6.01. The van der Waals surface area contributed by atoms with E-state index in [0.29, 0.717) is 28.7 Å². The van der Waals surface area contributed by atoms with Gasteiger partial charge in [0.05, 0.1) is 22.7 Å². The van der Waals surface area contributed by atoms with Gasteiger partial charge in [-0.05, 0) is 66.7 Å². The van der Waals surface area contributed by atoms with E-state index in [-0.39, 0.29) is 13.2 Å². The van der Waals surface area contributed by atoms with Gasteiger partial charge in [-0.2, -0.15) is 5.26 Å². The van der Waals surface area contributed by atoms with E-state index in [1.54, 1.807) is 12.1 Å². The molecule has 7 rings (SSSR count). The van der Waals surface area contributed by atoms with Crippen molar-refractivity contribution >= 4 is 22.7 Å². The first kappa shape index (κ1) is 26.9. The topological polar surface area (TPSA) is 103 Å². The Morgan fingerprint density at radius 1 is 0.841 bits per heavy atom. The minimum atomic E-state index is -0.614. The standard InChI is InChI=1S/C35H27N5O4/c1-40-17-16-29-34(40)33(39-35(38-29)37-25-14-12-23(20-36)13-15-25)28-19-31-30(18-24(28)21-41-26-8-4-2-5-9-26)43-32(44-31)22-42-27-10-6-3-7-11-27/h2-19,32H,21-22H2,1H3,(H,37,38,39). The number of hydrogen-bond donors (Lipinski definition) is 1. The molecular formula is C35H27N5O4. The number of nitriles is 1. The zero-order valence-corrected chi connectivity index (χ0v) is 23.8. The molecule has 1 unspecified atom stereocenters. The van der Waals surface area contributed by atoms with Crippen molar-refractivity contribution in [2.45, 2.75) is 12.9 Å². The highest BCUT2D eigenvalue weighted by Gasteiger charge is 2.28. The molecule has 0 spiro atoms. The molecule has 0 saturated heterocycles. The summed E-state index contributed by atoms with van der Waals surface area (Å²) < 4.78 is 26.5. The lowest BCUT2D eigenvalue weighted by molar-refractivity contribution is 0.00782. The molecule has 6 aromatic rings. The Morgan fingerprint density at radius 2 is 1.52 bits per heavy atom. The molecule has 2 aromatic heterocycles. The summed E-state index contributed by atoms with van der Waals surface area (Å²) >= 11 is 0. The Balaban J connectivity index is 1.26. The molecule has 3 heterocycles. The van der Waals surface area contributed by atoms with Gasteiger partial charge in [-0.15, -0.1) is 0 Å². The number of benzene rings is 4. The molecule has 1 aliphatic rings. The van der Waals surface area contributed by atoms with Crippen molar-refractivity contribution in [2.24, 2.45) is 7.05 Å². The number of ether oxygens (including phenoxy) is 4. The van der Waals surface area contributed by atoms with Crippen LogP contribution in [0, 0.1) is 11.3 Å². The average molecular weight is 582 g/mol. The monoisotopic (exact) mass is 581 g/mol. The fourth-order valence-corrected chi connectivity index (χ4v) is 5.05. The molecule has 9 heteroatoms. The predicted molar refractivity (Wildman–Crippen MR) is 166 cm³/mol. The van der Waals surface area contributed by atoms with Crippen LogP contribution in [0.15, 0.2) is 109 Å². The molecule has 0 radical (unpaired) electrons. The van der Waals surface area contributed by atoms with Gasteiger partial charge >= 0.3 is 0 Å². The zero-order chi connectivity index (χ0) is 29.9. The summed E-state index contributed by atoms with van der Waals surface area (Å²) in [6.07, 6.45) is 1.34. The van der Waals surface area contributed by atoms with Crippen molar-refractivity contribution < 1.29 is 18.9 Å². The van der Waals surface area contributed by atoms with Gasteiger partial charge in [-0.3, -0.25) is 0 Å². The van der Waals surface area contributed by atoms with Crippen LogP contribution < -0.4 is 24.3 Å². The SMILES string of the molecule is Cn1ccc2nc(Nc3ccc(C#N)cc3)nc(-c3cc4c(cc3COc3ccccc3)OC(COc3ccccc3)O4)c21. The van der Waals surface area contributed by atoms with E-state index in [9.17, 15) is 5.26 Å². The van der Waals surface area contributed by atoms with Crippen LogP contribution in [0.1, 0.15) is 11.1 Å². The number of nitrogens with zero attached hydrogens (tertiary/aromatic N) is 4. The molecule has 216 valence electrons. The largest absolute Gasteiger partial charge is 0.489 e. The third-order valence-corrected chi connectivity index (χ3v) is 7.20. The predicted octanol–water partition coefficient (Wildman–Crippen LogP) is 7.01. The molecule has 1 N–H and O–H groups in total. The van der Waals surface area contributed by atoms with Crippen molar-refractivity contribution in [1.29, 1.82) is 5.26 Å². The molecular weight excluding hydrogens is 554 g/mol. The van der Waals surface area contributed by atoms with Crippen LogP contribution in [0.5, 0.6) is 23.0 Å². The lowest BCUT2D eigenvalue weighted by Gasteiger charge is -2.15. The van der Waals surface area contributed by atoms with Crippen LogP contribution in [0.3, 0.4) is 0 Å². The second kappa shape index (κ2) is 11.7. The Kier molecular flexibility index (Phi) is 7.14. The molecule has 1 aliphatic heterocycles. The first-order valence-corrected chi connectivity index (χ1v) is 14.1. The number of aromatic nitrogens is 3. The van der Waals surface area contributed by atoms with Gasteiger partial charge in [-0.25, -0.2) is 9.97 Å². The van der Waals surface area contributed by atoms with E-state index >= 15 is 0 Å². The minimum Gasteiger partial charge on any atom is -0.489 e. The van der Waals surface area contributed by atoms with E-state index in [1.807, 2.05) is 109 Å². The maximum Gasteiger partial charge on any atom is 0.275 e. The molecule has 0 amide bonds. The number of anilines is 2. The quantitative estimate of drug-likeness (QED) is 0.195. The lowest BCUT2D eigenvalue weighted by Crippen LogP contribution is -2.26. The third kappa shape index (κ3) is 5.56. The highest BCUT2D eigenvalue weighted by atomic mass is 16.7. The van der Waals surface area contributed by atoms with Crippen LogP contribution in [0.2, 0.25) is 0 Å². The second-order valence-electron chi connectivity index (χ2n) is 10.2. The smallest absolute Gasteiger partial charge is 0.275 e. The van der Waals surface area contributed by atoms with Crippen LogP contribution in [0.4, 0.5) is 11.6 Å². The van der Waals surface area contributed by atoms with Gasteiger partial charge in [0.25, 0.3) is 6.29 Å². The first-order valence-electron chi connectivity index (χ1n) is 14.1. The van der Waals surface area contributed by atoms with Crippen LogP contribution >= 0.6 is 0 Å². The van der Waals surface area contributed by atoms with Gasteiger partial charge in [-0.1, -0.05) is 36.4 Å². The van der Waals surface area contributed by atoms with Gasteiger partial charge in [0.2, 0.25) is 5.95 Å². The summed E-state index contributed by atoms with van der Waals surface area (Å²) in [5.74, 6) is 3.11. The van der Waals surface area contributed by atoms with Crippen molar-refractivity contribution in [3.63, 3.8) is 0 Å². The fraction of sp³-hybridized carbons (Fsp3) is 0.114. The van der Waals surface area contributed by atoms with Gasteiger partial charge < -0.3 is 28.8 Å². The Bertz CT molecular complexity index is 1970. The number of nitrogens with one attached hydrogen (secondary N) is 1. The lowest BCUT2D eigenvalue weighted by atomic mass is 10.0. The Labute approximate surface area is 253 Å². The Morgan fingerprint density at radius 3 is 2.23 bits per heavy atom. The first-order chi connectivity index (χ1) is 21.6. The number of hydrogen-bond acceptors (Lipinski definition) is 8.